The SMILES string of the molecule is Cc1cccc(Cl)c1OC(C)C. The first-order valence-electron chi connectivity index (χ1n) is 4.03. The Labute approximate surface area is 78.3 Å². The minimum atomic E-state index is 0.170. The van der Waals surface area contributed by atoms with Gasteiger partial charge in [0.15, 0.2) is 0 Å². The van der Waals surface area contributed by atoms with Gasteiger partial charge in [-0.2, -0.15) is 0 Å². The van der Waals surface area contributed by atoms with E-state index in [0.29, 0.717) is 5.02 Å². The number of rotatable bonds is 2. The van der Waals surface area contributed by atoms with E-state index in [1.807, 2.05) is 39.0 Å². The van der Waals surface area contributed by atoms with E-state index in [2.05, 4.69) is 0 Å². The summed E-state index contributed by atoms with van der Waals surface area (Å²) in [6.07, 6.45) is 0.170. The molecule has 0 fully saturated rings. The van der Waals surface area contributed by atoms with Crippen molar-refractivity contribution in [3.05, 3.63) is 28.8 Å². The molecule has 0 amide bonds. The average Bonchev–Trinajstić information content (AvgIpc) is 1.97. The molecular weight excluding hydrogens is 172 g/mol. The second-order valence-corrected chi connectivity index (χ2v) is 3.46. The molecule has 0 aromatic heterocycles. The Balaban J connectivity index is 2.96. The van der Waals surface area contributed by atoms with Gasteiger partial charge in [-0.1, -0.05) is 23.7 Å². The Hall–Kier alpha value is -0.690. The smallest absolute Gasteiger partial charge is 0.141 e. The summed E-state index contributed by atoms with van der Waals surface area (Å²) < 4.78 is 5.54. The first-order valence-corrected chi connectivity index (χ1v) is 4.41. The van der Waals surface area contributed by atoms with Gasteiger partial charge in [-0.25, -0.2) is 0 Å². The van der Waals surface area contributed by atoms with Crippen molar-refractivity contribution in [1.29, 1.82) is 0 Å². The highest BCUT2D eigenvalue weighted by molar-refractivity contribution is 6.32. The molecule has 66 valence electrons. The fraction of sp³-hybridized carbons (Fsp3) is 0.400. The van der Waals surface area contributed by atoms with E-state index in [1.165, 1.54) is 0 Å². The number of aryl methyl sites for hydroxylation is 1. The topological polar surface area (TPSA) is 9.23 Å². The Morgan fingerprint density at radius 3 is 2.50 bits per heavy atom. The maximum Gasteiger partial charge on any atom is 0.141 e. The van der Waals surface area contributed by atoms with Crippen molar-refractivity contribution in [2.45, 2.75) is 26.9 Å². The number of halogens is 1. The van der Waals surface area contributed by atoms with Crippen molar-refractivity contribution in [3.8, 4) is 5.75 Å². The molecule has 1 aromatic carbocycles. The van der Waals surface area contributed by atoms with Crippen LogP contribution in [0.15, 0.2) is 18.2 Å². The maximum atomic E-state index is 5.95. The van der Waals surface area contributed by atoms with Gasteiger partial charge in [0.2, 0.25) is 0 Å². The summed E-state index contributed by atoms with van der Waals surface area (Å²) in [6.45, 7) is 5.97. The normalized spacial score (nSPS) is 10.4. The average molecular weight is 185 g/mol. The minimum Gasteiger partial charge on any atom is -0.489 e. The zero-order valence-corrected chi connectivity index (χ0v) is 8.35. The van der Waals surface area contributed by atoms with Crippen molar-refractivity contribution in [2.75, 3.05) is 0 Å². The number of para-hydroxylation sites is 1. The molecule has 1 aromatic rings. The van der Waals surface area contributed by atoms with Crippen LogP contribution in [0.3, 0.4) is 0 Å². The van der Waals surface area contributed by atoms with E-state index in [9.17, 15) is 0 Å². The number of hydrogen-bond donors (Lipinski definition) is 0. The first kappa shape index (κ1) is 9.40. The fourth-order valence-corrected chi connectivity index (χ4v) is 1.27. The molecule has 0 unspecified atom stereocenters. The molecule has 0 heterocycles. The molecule has 0 radical (unpaired) electrons. The van der Waals surface area contributed by atoms with E-state index < -0.39 is 0 Å². The van der Waals surface area contributed by atoms with E-state index in [-0.39, 0.29) is 6.10 Å². The lowest BCUT2D eigenvalue weighted by Gasteiger charge is -2.13. The second-order valence-electron chi connectivity index (χ2n) is 3.05. The largest absolute Gasteiger partial charge is 0.489 e. The first-order chi connectivity index (χ1) is 5.61. The number of hydrogen-bond acceptors (Lipinski definition) is 1. The van der Waals surface area contributed by atoms with Crippen molar-refractivity contribution in [2.24, 2.45) is 0 Å². The predicted molar refractivity (Wildman–Crippen MR) is 52.0 cm³/mol. The van der Waals surface area contributed by atoms with Gasteiger partial charge in [0.25, 0.3) is 0 Å². The van der Waals surface area contributed by atoms with E-state index >= 15 is 0 Å². The molecule has 0 aliphatic rings. The van der Waals surface area contributed by atoms with E-state index in [0.717, 1.165) is 11.3 Å². The van der Waals surface area contributed by atoms with Crippen molar-refractivity contribution in [1.82, 2.24) is 0 Å². The lowest BCUT2D eigenvalue weighted by molar-refractivity contribution is 0.241. The van der Waals surface area contributed by atoms with Crippen LogP contribution in [0.4, 0.5) is 0 Å². The highest BCUT2D eigenvalue weighted by Crippen LogP contribution is 2.28. The van der Waals surface area contributed by atoms with Crippen molar-refractivity contribution >= 4 is 11.6 Å². The van der Waals surface area contributed by atoms with Crippen LogP contribution in [-0.4, -0.2) is 6.10 Å². The van der Waals surface area contributed by atoms with Crippen LogP contribution in [0.2, 0.25) is 5.02 Å². The van der Waals surface area contributed by atoms with Crippen LogP contribution in [0, 0.1) is 6.92 Å². The van der Waals surface area contributed by atoms with Gasteiger partial charge < -0.3 is 4.74 Å². The summed E-state index contributed by atoms with van der Waals surface area (Å²) >= 11 is 5.95. The molecule has 0 saturated heterocycles. The third kappa shape index (κ3) is 2.15. The van der Waals surface area contributed by atoms with Gasteiger partial charge in [-0.15, -0.1) is 0 Å². The zero-order chi connectivity index (χ0) is 9.14. The zero-order valence-electron chi connectivity index (χ0n) is 7.60. The molecule has 0 bridgehead atoms. The van der Waals surface area contributed by atoms with Gasteiger partial charge >= 0.3 is 0 Å². The maximum absolute atomic E-state index is 5.95. The van der Waals surface area contributed by atoms with Crippen LogP contribution in [0.25, 0.3) is 0 Å². The highest BCUT2D eigenvalue weighted by Gasteiger charge is 2.05. The fourth-order valence-electron chi connectivity index (χ4n) is 1.00. The predicted octanol–water partition coefficient (Wildman–Crippen LogP) is 3.44. The Kier molecular flexibility index (Phi) is 2.99. The Morgan fingerprint density at radius 1 is 1.33 bits per heavy atom. The van der Waals surface area contributed by atoms with Crippen LogP contribution in [0.5, 0.6) is 5.75 Å². The van der Waals surface area contributed by atoms with Gasteiger partial charge in [-0.3, -0.25) is 0 Å². The molecule has 2 heteroatoms. The summed E-state index contributed by atoms with van der Waals surface area (Å²) in [6, 6.07) is 5.75. The lowest BCUT2D eigenvalue weighted by Crippen LogP contribution is -2.06. The molecule has 0 atom stereocenters. The molecule has 0 aliphatic carbocycles. The third-order valence-electron chi connectivity index (χ3n) is 1.52. The quantitative estimate of drug-likeness (QED) is 0.684. The van der Waals surface area contributed by atoms with Gasteiger partial charge in [-0.05, 0) is 32.4 Å². The van der Waals surface area contributed by atoms with Crippen LogP contribution < -0.4 is 4.74 Å². The summed E-state index contributed by atoms with van der Waals surface area (Å²) in [4.78, 5) is 0. The van der Waals surface area contributed by atoms with E-state index in [4.69, 9.17) is 16.3 Å². The van der Waals surface area contributed by atoms with Crippen LogP contribution in [0.1, 0.15) is 19.4 Å². The van der Waals surface area contributed by atoms with Crippen LogP contribution in [-0.2, 0) is 0 Å². The van der Waals surface area contributed by atoms with Crippen LogP contribution >= 0.6 is 11.6 Å². The summed E-state index contributed by atoms with van der Waals surface area (Å²) in [7, 11) is 0. The minimum absolute atomic E-state index is 0.170. The Morgan fingerprint density at radius 2 is 2.00 bits per heavy atom. The molecule has 0 N–H and O–H groups in total. The van der Waals surface area contributed by atoms with Crippen molar-refractivity contribution in [3.63, 3.8) is 0 Å². The lowest BCUT2D eigenvalue weighted by atomic mass is 10.2. The van der Waals surface area contributed by atoms with E-state index in [1.54, 1.807) is 0 Å². The van der Waals surface area contributed by atoms with Gasteiger partial charge in [0.05, 0.1) is 11.1 Å². The summed E-state index contributed by atoms with van der Waals surface area (Å²) in [5.41, 5.74) is 1.08. The van der Waals surface area contributed by atoms with Gasteiger partial charge in [0.1, 0.15) is 5.75 Å². The molecule has 0 aliphatic heterocycles. The Bertz CT molecular complexity index is 248. The molecular formula is C10H13ClO. The molecule has 1 nitrogen and oxygen atoms in total. The molecule has 0 saturated carbocycles. The highest BCUT2D eigenvalue weighted by atomic mass is 35.5. The number of benzene rings is 1. The second kappa shape index (κ2) is 3.81. The van der Waals surface area contributed by atoms with Crippen molar-refractivity contribution < 1.29 is 4.74 Å². The third-order valence-corrected chi connectivity index (χ3v) is 1.82. The summed E-state index contributed by atoms with van der Waals surface area (Å²) in [5.74, 6) is 0.800. The summed E-state index contributed by atoms with van der Waals surface area (Å²) in [5, 5.41) is 0.684. The van der Waals surface area contributed by atoms with Gasteiger partial charge in [0, 0.05) is 0 Å². The molecule has 0 spiro atoms. The number of ether oxygens (including phenoxy) is 1. The standard InChI is InChI=1S/C10H13ClO/c1-7(2)12-10-8(3)5-4-6-9(10)11/h4-7H,1-3H3. The molecule has 1 rings (SSSR count). The molecule has 12 heavy (non-hydrogen) atoms. The monoisotopic (exact) mass is 184 g/mol.